The number of rotatable bonds is 5. The minimum Gasteiger partial charge on any atom is -0.381 e. The summed E-state index contributed by atoms with van der Waals surface area (Å²) < 4.78 is 26.6. The van der Waals surface area contributed by atoms with Crippen LogP contribution in [0.2, 0.25) is 0 Å². The molecule has 0 saturated heterocycles. The zero-order valence-electron chi connectivity index (χ0n) is 9.62. The summed E-state index contributed by atoms with van der Waals surface area (Å²) in [4.78, 5) is 14.5. The Balaban J connectivity index is 3.22. The van der Waals surface area contributed by atoms with Crippen molar-refractivity contribution in [1.29, 1.82) is 0 Å². The summed E-state index contributed by atoms with van der Waals surface area (Å²) in [7, 11) is -2.35. The molecule has 1 amide bonds. The Hall–Kier alpha value is -1.61. The number of nitrogens with zero attached hydrogens (tertiary/aromatic N) is 3. The highest BCUT2D eigenvalue weighted by Crippen LogP contribution is 2.19. The molecule has 1 rings (SSSR count). The average Bonchev–Trinajstić information content (AvgIpc) is 2.54. The predicted molar refractivity (Wildman–Crippen MR) is 61.2 cm³/mol. The Morgan fingerprint density at radius 2 is 2.18 bits per heavy atom. The molecular formula is C8H15N5O3S. The van der Waals surface area contributed by atoms with Crippen LogP contribution in [0.1, 0.15) is 6.92 Å². The normalized spacial score (nSPS) is 11.9. The molecule has 0 unspecified atom stereocenters. The van der Waals surface area contributed by atoms with Gasteiger partial charge in [-0.1, -0.05) is 6.92 Å². The number of hydrogen-bond acceptors (Lipinski definition) is 5. The van der Waals surface area contributed by atoms with E-state index >= 15 is 0 Å². The maximum absolute atomic E-state index is 12.2. The third-order valence-electron chi connectivity index (χ3n) is 2.18. The van der Waals surface area contributed by atoms with Crippen LogP contribution in [0, 0.1) is 0 Å². The largest absolute Gasteiger partial charge is 0.381 e. The smallest absolute Gasteiger partial charge is 0.262 e. The van der Waals surface area contributed by atoms with Crippen LogP contribution in [0.3, 0.4) is 0 Å². The molecular weight excluding hydrogens is 246 g/mol. The average molecular weight is 261 g/mol. The first-order valence-corrected chi connectivity index (χ1v) is 6.30. The molecule has 17 heavy (non-hydrogen) atoms. The van der Waals surface area contributed by atoms with E-state index in [2.05, 4.69) is 4.98 Å². The van der Waals surface area contributed by atoms with Crippen LogP contribution in [-0.4, -0.2) is 41.3 Å². The highest BCUT2D eigenvalue weighted by molar-refractivity contribution is 7.89. The van der Waals surface area contributed by atoms with Gasteiger partial charge in [0, 0.05) is 13.6 Å². The second-order valence-corrected chi connectivity index (χ2v) is 5.30. The van der Waals surface area contributed by atoms with Gasteiger partial charge in [0.25, 0.3) is 10.0 Å². The molecule has 0 aliphatic carbocycles. The molecule has 8 nitrogen and oxygen atoms in total. The summed E-state index contributed by atoms with van der Waals surface area (Å²) in [6, 6.07) is 0. The topological polar surface area (TPSA) is 124 Å². The van der Waals surface area contributed by atoms with Gasteiger partial charge in [-0.3, -0.25) is 4.79 Å². The molecule has 0 atom stereocenters. The van der Waals surface area contributed by atoms with Crippen molar-refractivity contribution in [2.75, 3.05) is 18.8 Å². The maximum Gasteiger partial charge on any atom is 0.262 e. The fourth-order valence-corrected chi connectivity index (χ4v) is 3.02. The zero-order chi connectivity index (χ0) is 13.2. The number of carbonyl (C=O) groups excluding carboxylic acids is 1. The van der Waals surface area contributed by atoms with Gasteiger partial charge in [0.2, 0.25) is 5.91 Å². The number of primary amides is 1. The highest BCUT2D eigenvalue weighted by Gasteiger charge is 2.29. The molecule has 0 aliphatic rings. The minimum absolute atomic E-state index is 0.101. The maximum atomic E-state index is 12.2. The van der Waals surface area contributed by atoms with E-state index in [-0.39, 0.29) is 23.9 Å². The van der Waals surface area contributed by atoms with Gasteiger partial charge in [0.15, 0.2) is 10.8 Å². The van der Waals surface area contributed by atoms with Crippen LogP contribution in [0.25, 0.3) is 0 Å². The summed E-state index contributed by atoms with van der Waals surface area (Å²) >= 11 is 0. The number of amides is 1. The Morgan fingerprint density at radius 1 is 1.59 bits per heavy atom. The Kier molecular flexibility index (Phi) is 3.73. The summed E-state index contributed by atoms with van der Waals surface area (Å²) in [5, 5.41) is -0.138. The van der Waals surface area contributed by atoms with E-state index in [4.69, 9.17) is 11.5 Å². The molecule has 0 radical (unpaired) electrons. The van der Waals surface area contributed by atoms with Crippen molar-refractivity contribution in [2.24, 2.45) is 12.8 Å². The number of nitrogen functional groups attached to an aromatic ring is 1. The van der Waals surface area contributed by atoms with E-state index in [1.807, 2.05) is 0 Å². The van der Waals surface area contributed by atoms with Gasteiger partial charge in [-0.05, 0) is 0 Å². The van der Waals surface area contributed by atoms with Gasteiger partial charge in [-0.25, -0.2) is 13.4 Å². The molecule has 1 aromatic heterocycles. The molecule has 0 aromatic carbocycles. The molecule has 1 aromatic rings. The van der Waals surface area contributed by atoms with Crippen LogP contribution in [0.4, 0.5) is 5.82 Å². The van der Waals surface area contributed by atoms with Crippen LogP contribution in [-0.2, 0) is 21.9 Å². The molecule has 0 saturated carbocycles. The Morgan fingerprint density at radius 3 is 2.53 bits per heavy atom. The molecule has 9 heteroatoms. The lowest BCUT2D eigenvalue weighted by Crippen LogP contribution is -2.39. The highest BCUT2D eigenvalue weighted by atomic mass is 32.2. The molecule has 4 N–H and O–H groups in total. The SMILES string of the molecule is CCN(CC(N)=O)S(=O)(=O)c1c(N)ncn1C. The number of anilines is 1. The van der Waals surface area contributed by atoms with E-state index in [0.717, 1.165) is 4.31 Å². The lowest BCUT2D eigenvalue weighted by Gasteiger charge is -2.18. The third-order valence-corrected chi connectivity index (χ3v) is 4.23. The first kappa shape index (κ1) is 13.5. The van der Waals surface area contributed by atoms with Gasteiger partial charge in [-0.2, -0.15) is 4.31 Å². The second kappa shape index (κ2) is 4.72. The summed E-state index contributed by atoms with van der Waals surface area (Å²) in [5.74, 6) is -0.827. The fraction of sp³-hybridized carbons (Fsp3) is 0.500. The molecule has 0 aliphatic heterocycles. The number of aromatic nitrogens is 2. The van der Waals surface area contributed by atoms with Gasteiger partial charge < -0.3 is 16.0 Å². The summed E-state index contributed by atoms with van der Waals surface area (Å²) in [6.07, 6.45) is 1.29. The van der Waals surface area contributed by atoms with E-state index in [0.29, 0.717) is 0 Å². The van der Waals surface area contributed by atoms with E-state index in [9.17, 15) is 13.2 Å². The van der Waals surface area contributed by atoms with Crippen LogP contribution >= 0.6 is 0 Å². The summed E-state index contributed by atoms with van der Waals surface area (Å²) in [5.41, 5.74) is 10.5. The first-order valence-electron chi connectivity index (χ1n) is 4.86. The lowest BCUT2D eigenvalue weighted by atomic mass is 10.6. The van der Waals surface area contributed by atoms with Gasteiger partial charge in [0.05, 0.1) is 12.9 Å². The second-order valence-electron chi connectivity index (χ2n) is 3.44. The number of hydrogen-bond donors (Lipinski definition) is 2. The van der Waals surface area contributed by atoms with Crippen molar-refractivity contribution in [2.45, 2.75) is 11.9 Å². The molecule has 0 bridgehead atoms. The van der Waals surface area contributed by atoms with E-state index < -0.39 is 15.9 Å². The van der Waals surface area contributed by atoms with Gasteiger partial charge >= 0.3 is 0 Å². The van der Waals surface area contributed by atoms with Crippen molar-refractivity contribution in [3.05, 3.63) is 6.33 Å². The number of imidazole rings is 1. The van der Waals surface area contributed by atoms with E-state index in [1.165, 1.54) is 17.9 Å². The van der Waals surface area contributed by atoms with Gasteiger partial charge in [-0.15, -0.1) is 0 Å². The van der Waals surface area contributed by atoms with Crippen LogP contribution in [0.15, 0.2) is 11.4 Å². The third kappa shape index (κ3) is 2.56. The van der Waals surface area contributed by atoms with Crippen molar-refractivity contribution < 1.29 is 13.2 Å². The standard InChI is InChI=1S/C8H15N5O3S/c1-3-13(4-6(9)14)17(15,16)8-7(10)11-5-12(8)2/h5H,3-4,10H2,1-2H3,(H2,9,14). The molecule has 96 valence electrons. The number of aryl methyl sites for hydroxylation is 1. The minimum atomic E-state index is -3.86. The summed E-state index contributed by atoms with van der Waals surface area (Å²) in [6.45, 7) is 1.34. The predicted octanol–water partition coefficient (Wildman–Crippen LogP) is -1.50. The Bertz CT molecular complexity index is 502. The van der Waals surface area contributed by atoms with Crippen molar-refractivity contribution in [3.8, 4) is 0 Å². The monoisotopic (exact) mass is 261 g/mol. The Labute approximate surface area is 99.3 Å². The quantitative estimate of drug-likeness (QED) is 0.667. The first-order chi connectivity index (χ1) is 7.80. The van der Waals surface area contributed by atoms with Crippen LogP contribution < -0.4 is 11.5 Å². The van der Waals surface area contributed by atoms with Crippen molar-refractivity contribution >= 4 is 21.7 Å². The van der Waals surface area contributed by atoms with Crippen molar-refractivity contribution in [3.63, 3.8) is 0 Å². The molecule has 0 fully saturated rings. The molecule has 1 heterocycles. The molecule has 0 spiro atoms. The van der Waals surface area contributed by atoms with Crippen LogP contribution in [0.5, 0.6) is 0 Å². The fourth-order valence-electron chi connectivity index (χ4n) is 1.41. The zero-order valence-corrected chi connectivity index (χ0v) is 10.4. The van der Waals surface area contributed by atoms with Gasteiger partial charge in [0.1, 0.15) is 0 Å². The number of sulfonamides is 1. The number of likely N-dealkylation sites (N-methyl/N-ethyl adjacent to an activating group) is 1. The number of nitrogens with two attached hydrogens (primary N) is 2. The number of carbonyl (C=O) groups is 1. The van der Waals surface area contributed by atoms with Crippen molar-refractivity contribution in [1.82, 2.24) is 13.9 Å². The van der Waals surface area contributed by atoms with E-state index in [1.54, 1.807) is 6.92 Å². The lowest BCUT2D eigenvalue weighted by molar-refractivity contribution is -0.118.